The second-order valence-electron chi connectivity index (χ2n) is 6.58. The van der Waals surface area contributed by atoms with E-state index in [4.69, 9.17) is 9.94 Å². The first-order valence-electron chi connectivity index (χ1n) is 9.31. The fourth-order valence-corrected chi connectivity index (χ4v) is 3.12. The van der Waals surface area contributed by atoms with Crippen LogP contribution in [0.25, 0.3) is 6.08 Å². The Labute approximate surface area is 164 Å². The van der Waals surface area contributed by atoms with Gasteiger partial charge in [-0.15, -0.1) is 0 Å². The van der Waals surface area contributed by atoms with E-state index in [0.717, 1.165) is 31.8 Å². The molecule has 1 amide bonds. The number of carbonyl (C=O) groups excluding carboxylic acids is 1. The van der Waals surface area contributed by atoms with E-state index in [0.29, 0.717) is 24.2 Å². The average Bonchev–Trinajstić information content (AvgIpc) is 3.15. The van der Waals surface area contributed by atoms with Crippen LogP contribution in [0.15, 0.2) is 42.7 Å². The summed E-state index contributed by atoms with van der Waals surface area (Å²) < 4.78 is 5.48. The second-order valence-corrected chi connectivity index (χ2v) is 6.58. The normalized spacial score (nSPS) is 17.0. The van der Waals surface area contributed by atoms with Gasteiger partial charge < -0.3 is 10.1 Å². The first kappa shape index (κ1) is 19.8. The summed E-state index contributed by atoms with van der Waals surface area (Å²) in [6.07, 6.45) is 6.93. The van der Waals surface area contributed by atoms with Gasteiger partial charge in [-0.25, -0.2) is 10.5 Å². The molecule has 1 saturated heterocycles. The summed E-state index contributed by atoms with van der Waals surface area (Å²) in [6, 6.07) is 8.57. The molecule has 1 aromatic heterocycles. The van der Waals surface area contributed by atoms with Crippen molar-refractivity contribution >= 4 is 17.8 Å². The highest BCUT2D eigenvalue weighted by molar-refractivity contribution is 5.90. The van der Waals surface area contributed by atoms with Gasteiger partial charge in [0.2, 0.25) is 0 Å². The molecule has 3 N–H and O–H groups in total. The van der Waals surface area contributed by atoms with Crippen LogP contribution in [0.1, 0.15) is 24.6 Å². The molecule has 0 bridgehead atoms. The fraction of sp³-hybridized carbons (Fsp3) is 0.350. The average molecular weight is 383 g/mol. The predicted octanol–water partition coefficient (Wildman–Crippen LogP) is 2.08. The molecule has 3 rings (SSSR count). The molecule has 148 valence electrons. The van der Waals surface area contributed by atoms with Crippen LogP contribution < -0.4 is 15.5 Å². The number of hydroxylamine groups is 1. The Balaban J connectivity index is 1.47. The number of carbonyl (C=O) groups is 1. The van der Waals surface area contributed by atoms with Crippen molar-refractivity contribution in [2.45, 2.75) is 25.9 Å². The molecule has 1 aromatic carbocycles. The maximum atomic E-state index is 11.0. The minimum absolute atomic E-state index is 0.318. The minimum atomic E-state index is -0.609. The molecule has 2 heterocycles. The highest BCUT2D eigenvalue weighted by Gasteiger charge is 2.22. The highest BCUT2D eigenvalue weighted by Crippen LogP contribution is 2.18. The molecular formula is C20H25N5O3. The van der Waals surface area contributed by atoms with Crippen molar-refractivity contribution in [3.8, 4) is 5.75 Å². The van der Waals surface area contributed by atoms with Crippen molar-refractivity contribution in [3.05, 3.63) is 54.0 Å². The number of nitrogens with one attached hydrogen (secondary N) is 2. The van der Waals surface area contributed by atoms with E-state index in [1.807, 2.05) is 19.1 Å². The summed E-state index contributed by atoms with van der Waals surface area (Å²) in [4.78, 5) is 21.9. The first-order chi connectivity index (χ1) is 13.7. The summed E-state index contributed by atoms with van der Waals surface area (Å²) in [5.41, 5.74) is 3.34. The summed E-state index contributed by atoms with van der Waals surface area (Å²) in [5.74, 6) is 1.00. The Kier molecular flexibility index (Phi) is 6.94. The Bertz CT molecular complexity index is 792. The van der Waals surface area contributed by atoms with Gasteiger partial charge in [0.25, 0.3) is 5.91 Å². The lowest BCUT2D eigenvalue weighted by atomic mass is 10.2. The third-order valence-electron chi connectivity index (χ3n) is 4.45. The maximum Gasteiger partial charge on any atom is 0.267 e. The van der Waals surface area contributed by atoms with Crippen LogP contribution >= 0.6 is 0 Å². The van der Waals surface area contributed by atoms with E-state index in [1.54, 1.807) is 12.4 Å². The zero-order valence-corrected chi connectivity index (χ0v) is 15.8. The lowest BCUT2D eigenvalue weighted by Gasteiger charge is -2.17. The number of anilines is 1. The van der Waals surface area contributed by atoms with E-state index in [9.17, 15) is 4.79 Å². The molecule has 1 fully saturated rings. The van der Waals surface area contributed by atoms with Gasteiger partial charge in [-0.1, -0.05) is 12.1 Å². The van der Waals surface area contributed by atoms with Crippen LogP contribution in [0.2, 0.25) is 0 Å². The van der Waals surface area contributed by atoms with Crippen molar-refractivity contribution < 1.29 is 14.7 Å². The van der Waals surface area contributed by atoms with Gasteiger partial charge in [0.1, 0.15) is 11.6 Å². The third kappa shape index (κ3) is 5.77. The van der Waals surface area contributed by atoms with E-state index in [2.05, 4.69) is 32.3 Å². The van der Waals surface area contributed by atoms with Gasteiger partial charge in [0.15, 0.2) is 0 Å². The van der Waals surface area contributed by atoms with Gasteiger partial charge >= 0.3 is 0 Å². The molecular weight excluding hydrogens is 358 g/mol. The second kappa shape index (κ2) is 9.82. The minimum Gasteiger partial charge on any atom is -0.494 e. The largest absolute Gasteiger partial charge is 0.494 e. The van der Waals surface area contributed by atoms with Crippen LogP contribution in [0.4, 0.5) is 5.82 Å². The Morgan fingerprint density at radius 3 is 2.82 bits per heavy atom. The zero-order chi connectivity index (χ0) is 19.8. The number of amides is 1. The summed E-state index contributed by atoms with van der Waals surface area (Å²) >= 11 is 0. The monoisotopic (exact) mass is 383 g/mol. The number of aromatic nitrogens is 2. The van der Waals surface area contributed by atoms with Crippen molar-refractivity contribution in [1.29, 1.82) is 0 Å². The van der Waals surface area contributed by atoms with Gasteiger partial charge in [-0.2, -0.15) is 0 Å². The Morgan fingerprint density at radius 2 is 2.14 bits per heavy atom. The molecule has 1 aliphatic heterocycles. The molecule has 1 aliphatic rings. The molecule has 28 heavy (non-hydrogen) atoms. The zero-order valence-electron chi connectivity index (χ0n) is 15.8. The van der Waals surface area contributed by atoms with E-state index in [1.165, 1.54) is 23.2 Å². The first-order valence-corrected chi connectivity index (χ1v) is 9.31. The lowest BCUT2D eigenvalue weighted by Crippen LogP contribution is -2.26. The lowest BCUT2D eigenvalue weighted by molar-refractivity contribution is -0.124. The summed E-state index contributed by atoms with van der Waals surface area (Å²) in [7, 11) is 0. The van der Waals surface area contributed by atoms with Crippen LogP contribution in [-0.4, -0.2) is 51.7 Å². The van der Waals surface area contributed by atoms with Crippen LogP contribution in [0.3, 0.4) is 0 Å². The number of hydrogen-bond acceptors (Lipinski definition) is 7. The fourth-order valence-electron chi connectivity index (χ4n) is 3.12. The highest BCUT2D eigenvalue weighted by atomic mass is 16.5. The SMILES string of the molecule is CCOc1ccc(CN2CC[C@@H](Nc3cnc(/C=C/C(=O)NO)cn3)C2)cc1. The molecule has 8 nitrogen and oxygen atoms in total. The van der Waals surface area contributed by atoms with Crippen molar-refractivity contribution in [1.82, 2.24) is 20.3 Å². The predicted molar refractivity (Wildman–Crippen MR) is 106 cm³/mol. The molecule has 0 aliphatic carbocycles. The molecule has 2 aromatic rings. The molecule has 0 unspecified atom stereocenters. The van der Waals surface area contributed by atoms with E-state index >= 15 is 0 Å². The summed E-state index contributed by atoms with van der Waals surface area (Å²) in [6.45, 7) is 5.53. The third-order valence-corrected chi connectivity index (χ3v) is 4.45. The number of likely N-dealkylation sites (tertiary alicyclic amines) is 1. The Hall–Kier alpha value is -2.97. The van der Waals surface area contributed by atoms with Crippen molar-refractivity contribution in [2.24, 2.45) is 0 Å². The number of rotatable bonds is 8. The van der Waals surface area contributed by atoms with E-state index < -0.39 is 5.91 Å². The standard InChI is InChI=1S/C20H25N5O3/c1-2-28-18-6-3-15(4-7-18)13-25-10-9-17(14-25)23-19-12-21-16(11-22-19)5-8-20(26)24-27/h3-8,11-12,17,27H,2,9-10,13-14H2,1H3,(H,22,23)(H,24,26)/b8-5+/t17-/m1/s1. The Morgan fingerprint density at radius 1 is 1.32 bits per heavy atom. The molecule has 1 atom stereocenters. The van der Waals surface area contributed by atoms with Gasteiger partial charge in [0, 0.05) is 31.8 Å². The van der Waals surface area contributed by atoms with Crippen LogP contribution in [0.5, 0.6) is 5.75 Å². The quantitative estimate of drug-likeness (QED) is 0.365. The molecule has 0 saturated carbocycles. The van der Waals surface area contributed by atoms with Gasteiger partial charge in [-0.3, -0.25) is 19.9 Å². The summed E-state index contributed by atoms with van der Waals surface area (Å²) in [5, 5.41) is 11.9. The number of ether oxygens (including phenoxy) is 1. The number of nitrogens with zero attached hydrogens (tertiary/aromatic N) is 3. The van der Waals surface area contributed by atoms with Gasteiger partial charge in [0.05, 0.1) is 24.7 Å². The van der Waals surface area contributed by atoms with E-state index in [-0.39, 0.29) is 0 Å². The molecule has 0 spiro atoms. The topological polar surface area (TPSA) is 99.6 Å². The number of benzene rings is 1. The molecule has 8 heteroatoms. The van der Waals surface area contributed by atoms with Crippen LogP contribution in [-0.2, 0) is 11.3 Å². The maximum absolute atomic E-state index is 11.0. The number of hydrogen-bond donors (Lipinski definition) is 3. The van der Waals surface area contributed by atoms with Crippen molar-refractivity contribution in [3.63, 3.8) is 0 Å². The van der Waals surface area contributed by atoms with Gasteiger partial charge in [-0.05, 0) is 37.1 Å². The smallest absolute Gasteiger partial charge is 0.267 e. The van der Waals surface area contributed by atoms with Crippen molar-refractivity contribution in [2.75, 3.05) is 25.0 Å². The van der Waals surface area contributed by atoms with Crippen LogP contribution in [0, 0.1) is 0 Å². The molecule has 0 radical (unpaired) electrons.